The molecule has 0 fully saturated rings. The van der Waals surface area contributed by atoms with Crippen LogP contribution in [0.2, 0.25) is 0 Å². The number of benzene rings is 1. The Morgan fingerprint density at radius 3 is 2.61 bits per heavy atom. The van der Waals surface area contributed by atoms with Crippen LogP contribution < -0.4 is 10.1 Å². The Morgan fingerprint density at radius 2 is 2.11 bits per heavy atom. The van der Waals surface area contributed by atoms with E-state index in [4.69, 9.17) is 9.84 Å². The Morgan fingerprint density at radius 1 is 1.44 bits per heavy atom. The molecule has 0 saturated carbocycles. The van der Waals surface area contributed by atoms with E-state index in [-0.39, 0.29) is 12.5 Å². The molecule has 1 aromatic rings. The first-order valence-electron chi connectivity index (χ1n) is 6.01. The molecule has 1 unspecified atom stereocenters. The van der Waals surface area contributed by atoms with Gasteiger partial charge in [-0.3, -0.25) is 4.79 Å². The van der Waals surface area contributed by atoms with Gasteiger partial charge in [0.25, 0.3) is 0 Å². The van der Waals surface area contributed by atoms with Crippen LogP contribution in [0.1, 0.15) is 23.1 Å². The molecule has 1 rings (SSSR count). The number of carbonyl (C=O) groups is 1. The molecule has 1 atom stereocenters. The number of aryl methyl sites for hydroxylation is 2. The minimum atomic E-state index is -0.794. The molecular formula is C14H21NO3. The van der Waals surface area contributed by atoms with E-state index in [1.54, 1.807) is 14.2 Å². The van der Waals surface area contributed by atoms with Crippen LogP contribution in [-0.2, 0) is 11.2 Å². The zero-order valence-electron chi connectivity index (χ0n) is 11.4. The van der Waals surface area contributed by atoms with E-state index < -0.39 is 5.97 Å². The number of aliphatic carboxylic acids is 1. The number of ether oxygens (including phenoxy) is 1. The normalized spacial score (nSPS) is 12.2. The van der Waals surface area contributed by atoms with E-state index in [0.717, 1.165) is 22.4 Å². The Labute approximate surface area is 108 Å². The summed E-state index contributed by atoms with van der Waals surface area (Å²) in [5.41, 5.74) is 3.29. The SMILES string of the molecule is CNC(CC(=O)O)Cc1cc(C)cc(C)c1OC. The molecule has 0 aromatic heterocycles. The van der Waals surface area contributed by atoms with Crippen LogP contribution in [0.25, 0.3) is 0 Å². The molecule has 0 aliphatic carbocycles. The molecule has 0 bridgehead atoms. The zero-order valence-corrected chi connectivity index (χ0v) is 11.4. The summed E-state index contributed by atoms with van der Waals surface area (Å²) in [5, 5.41) is 11.9. The van der Waals surface area contributed by atoms with Crippen LogP contribution in [0, 0.1) is 13.8 Å². The van der Waals surface area contributed by atoms with Gasteiger partial charge < -0.3 is 15.2 Å². The highest BCUT2D eigenvalue weighted by Crippen LogP contribution is 2.26. The standard InChI is InChI=1S/C14H21NO3/c1-9-5-10(2)14(18-4)11(6-9)7-12(15-3)8-13(16)17/h5-6,12,15H,7-8H2,1-4H3,(H,16,17). The van der Waals surface area contributed by atoms with Crippen LogP contribution >= 0.6 is 0 Å². The molecule has 100 valence electrons. The van der Waals surface area contributed by atoms with E-state index in [1.807, 2.05) is 13.8 Å². The van der Waals surface area contributed by atoms with Crippen molar-refractivity contribution in [3.8, 4) is 5.75 Å². The lowest BCUT2D eigenvalue weighted by Crippen LogP contribution is -2.30. The van der Waals surface area contributed by atoms with E-state index >= 15 is 0 Å². The fourth-order valence-corrected chi connectivity index (χ4v) is 2.24. The third kappa shape index (κ3) is 3.74. The third-order valence-electron chi connectivity index (χ3n) is 3.00. The van der Waals surface area contributed by atoms with Crippen molar-refractivity contribution in [1.82, 2.24) is 5.32 Å². The molecule has 1 aromatic carbocycles. The largest absolute Gasteiger partial charge is 0.496 e. The third-order valence-corrected chi connectivity index (χ3v) is 3.00. The Hall–Kier alpha value is -1.55. The van der Waals surface area contributed by atoms with Crippen molar-refractivity contribution in [2.75, 3.05) is 14.2 Å². The van der Waals surface area contributed by atoms with Gasteiger partial charge >= 0.3 is 5.97 Å². The fourth-order valence-electron chi connectivity index (χ4n) is 2.24. The summed E-state index contributed by atoms with van der Waals surface area (Å²) in [4.78, 5) is 10.8. The summed E-state index contributed by atoms with van der Waals surface area (Å²) in [7, 11) is 3.43. The molecule has 4 heteroatoms. The minimum Gasteiger partial charge on any atom is -0.496 e. The second-order valence-corrected chi connectivity index (χ2v) is 4.56. The Kier molecular flexibility index (Phi) is 5.16. The van der Waals surface area contributed by atoms with Crippen molar-refractivity contribution in [2.24, 2.45) is 0 Å². The maximum atomic E-state index is 10.8. The highest BCUT2D eigenvalue weighted by molar-refractivity contribution is 5.67. The average molecular weight is 251 g/mol. The molecule has 0 aliphatic rings. The van der Waals surface area contributed by atoms with Crippen LogP contribution in [0.15, 0.2) is 12.1 Å². The lowest BCUT2D eigenvalue weighted by Gasteiger charge is -2.18. The van der Waals surface area contributed by atoms with E-state index in [9.17, 15) is 4.79 Å². The summed E-state index contributed by atoms with van der Waals surface area (Å²) >= 11 is 0. The molecule has 18 heavy (non-hydrogen) atoms. The number of carboxylic acids is 1. The van der Waals surface area contributed by atoms with Crippen molar-refractivity contribution in [2.45, 2.75) is 32.7 Å². The van der Waals surface area contributed by atoms with Crippen LogP contribution in [0.4, 0.5) is 0 Å². The van der Waals surface area contributed by atoms with Gasteiger partial charge in [-0.1, -0.05) is 17.7 Å². The topological polar surface area (TPSA) is 58.6 Å². The first kappa shape index (κ1) is 14.5. The van der Waals surface area contributed by atoms with Crippen molar-refractivity contribution >= 4 is 5.97 Å². The molecule has 2 N–H and O–H groups in total. The highest BCUT2D eigenvalue weighted by atomic mass is 16.5. The summed E-state index contributed by atoms with van der Waals surface area (Å²) in [6.45, 7) is 4.03. The van der Waals surface area contributed by atoms with Crippen molar-refractivity contribution in [3.63, 3.8) is 0 Å². The van der Waals surface area contributed by atoms with E-state index in [0.29, 0.717) is 6.42 Å². The van der Waals surface area contributed by atoms with Crippen LogP contribution in [0.3, 0.4) is 0 Å². The van der Waals surface area contributed by atoms with Crippen molar-refractivity contribution in [3.05, 3.63) is 28.8 Å². The lowest BCUT2D eigenvalue weighted by molar-refractivity contribution is -0.137. The predicted molar refractivity (Wildman–Crippen MR) is 71.3 cm³/mol. The molecule has 0 amide bonds. The van der Waals surface area contributed by atoms with Crippen molar-refractivity contribution < 1.29 is 14.6 Å². The number of methoxy groups -OCH3 is 1. The maximum absolute atomic E-state index is 10.8. The molecule has 0 radical (unpaired) electrons. The first-order chi connectivity index (χ1) is 8.47. The first-order valence-corrected chi connectivity index (χ1v) is 6.01. The second kappa shape index (κ2) is 6.40. The highest BCUT2D eigenvalue weighted by Gasteiger charge is 2.15. The van der Waals surface area contributed by atoms with Gasteiger partial charge in [0.1, 0.15) is 5.75 Å². The molecule has 4 nitrogen and oxygen atoms in total. The van der Waals surface area contributed by atoms with Gasteiger partial charge in [0.05, 0.1) is 13.5 Å². The van der Waals surface area contributed by atoms with Crippen LogP contribution in [-0.4, -0.2) is 31.3 Å². The van der Waals surface area contributed by atoms with Gasteiger partial charge in [0, 0.05) is 6.04 Å². The summed E-state index contributed by atoms with van der Waals surface area (Å²) < 4.78 is 5.41. The number of rotatable bonds is 6. The molecule has 0 spiro atoms. The minimum absolute atomic E-state index is 0.0856. The number of hydrogen-bond donors (Lipinski definition) is 2. The predicted octanol–water partition coefficient (Wildman–Crippen LogP) is 1.92. The number of likely N-dealkylation sites (N-methyl/N-ethyl adjacent to an activating group) is 1. The Bertz CT molecular complexity index is 429. The number of hydrogen-bond acceptors (Lipinski definition) is 3. The summed E-state index contributed by atoms with van der Waals surface area (Å²) in [5.74, 6) is 0.0592. The molecule has 0 saturated heterocycles. The Balaban J connectivity index is 2.97. The van der Waals surface area contributed by atoms with Crippen LogP contribution in [0.5, 0.6) is 5.75 Å². The maximum Gasteiger partial charge on any atom is 0.304 e. The average Bonchev–Trinajstić information content (AvgIpc) is 2.27. The summed E-state index contributed by atoms with van der Waals surface area (Å²) in [6.07, 6.45) is 0.751. The smallest absolute Gasteiger partial charge is 0.304 e. The van der Waals surface area contributed by atoms with Gasteiger partial charge in [-0.2, -0.15) is 0 Å². The monoisotopic (exact) mass is 251 g/mol. The van der Waals surface area contributed by atoms with Crippen molar-refractivity contribution in [1.29, 1.82) is 0 Å². The quantitative estimate of drug-likeness (QED) is 0.811. The van der Waals surface area contributed by atoms with Gasteiger partial charge in [-0.25, -0.2) is 0 Å². The molecular weight excluding hydrogens is 230 g/mol. The molecule has 0 aliphatic heterocycles. The van der Waals surface area contributed by atoms with E-state index in [2.05, 4.69) is 17.4 Å². The second-order valence-electron chi connectivity index (χ2n) is 4.56. The number of nitrogens with one attached hydrogen (secondary N) is 1. The zero-order chi connectivity index (χ0) is 13.7. The summed E-state index contributed by atoms with van der Waals surface area (Å²) in [6, 6.07) is 4.03. The lowest BCUT2D eigenvalue weighted by atomic mass is 9.98. The molecule has 0 heterocycles. The fraction of sp³-hybridized carbons (Fsp3) is 0.500. The number of carboxylic acid groups (broad SMARTS) is 1. The van der Waals surface area contributed by atoms with E-state index in [1.165, 1.54) is 0 Å². The van der Waals surface area contributed by atoms with Gasteiger partial charge in [0.15, 0.2) is 0 Å². The van der Waals surface area contributed by atoms with Gasteiger partial charge in [-0.05, 0) is 38.4 Å². The van der Waals surface area contributed by atoms with Gasteiger partial charge in [-0.15, -0.1) is 0 Å². The van der Waals surface area contributed by atoms with Gasteiger partial charge in [0.2, 0.25) is 0 Å².